The van der Waals surface area contributed by atoms with Gasteiger partial charge in [-0.15, -0.1) is 0 Å². The average Bonchev–Trinajstić information content (AvgIpc) is 2.20. The molecular formula is C11H24N2O3S. The molecule has 0 spiro atoms. The smallest absolute Gasteiger partial charge is 0.235 e. The Morgan fingerprint density at radius 3 is 2.59 bits per heavy atom. The van der Waals surface area contributed by atoms with E-state index in [4.69, 9.17) is 10.5 Å². The molecule has 0 radical (unpaired) electrons. The van der Waals surface area contributed by atoms with E-state index in [0.29, 0.717) is 18.9 Å². The highest BCUT2D eigenvalue weighted by Crippen LogP contribution is 2.05. The van der Waals surface area contributed by atoms with Crippen LogP contribution in [0.3, 0.4) is 0 Å². The first kappa shape index (κ1) is 16.5. The van der Waals surface area contributed by atoms with E-state index in [1.54, 1.807) is 27.9 Å². The molecule has 0 aromatic carbocycles. The van der Waals surface area contributed by atoms with Crippen LogP contribution in [0.15, 0.2) is 0 Å². The van der Waals surface area contributed by atoms with E-state index in [1.807, 2.05) is 0 Å². The fraction of sp³-hybridized carbons (Fsp3) is 0.909. The molecule has 0 aromatic heterocycles. The highest BCUT2D eigenvalue weighted by Gasteiger charge is 2.24. The van der Waals surface area contributed by atoms with Crippen molar-refractivity contribution in [1.29, 1.82) is 0 Å². The van der Waals surface area contributed by atoms with Crippen LogP contribution < -0.4 is 11.1 Å². The van der Waals surface area contributed by atoms with Gasteiger partial charge in [0.25, 0.3) is 0 Å². The number of ether oxygens (including phenoxy) is 1. The number of carbonyl (C=O) groups is 1. The number of methoxy groups -OCH3 is 1. The number of amides is 1. The number of carbonyl (C=O) groups excluding carboxylic acids is 1. The summed E-state index contributed by atoms with van der Waals surface area (Å²) in [7, 11) is 0.374. The molecule has 0 saturated heterocycles. The van der Waals surface area contributed by atoms with Crippen molar-refractivity contribution in [3.05, 3.63) is 0 Å². The molecule has 0 fully saturated rings. The Balaban J connectivity index is 3.99. The quantitative estimate of drug-likeness (QED) is 0.605. The SMILES string of the molecule is COCCCNC(=O)C(C)S(=O)CC(C)(C)N. The van der Waals surface area contributed by atoms with Crippen molar-refractivity contribution < 1.29 is 13.7 Å². The van der Waals surface area contributed by atoms with Gasteiger partial charge in [-0.25, -0.2) is 0 Å². The lowest BCUT2D eigenvalue weighted by Crippen LogP contribution is -2.44. The number of nitrogens with two attached hydrogens (primary N) is 1. The highest BCUT2D eigenvalue weighted by molar-refractivity contribution is 7.86. The van der Waals surface area contributed by atoms with E-state index in [0.717, 1.165) is 6.42 Å². The van der Waals surface area contributed by atoms with Gasteiger partial charge in [0.05, 0.1) is 0 Å². The summed E-state index contributed by atoms with van der Waals surface area (Å²) in [4.78, 5) is 11.6. The number of hydrogen-bond donors (Lipinski definition) is 2. The first-order valence-electron chi connectivity index (χ1n) is 5.70. The van der Waals surface area contributed by atoms with Gasteiger partial charge in [-0.2, -0.15) is 0 Å². The predicted molar refractivity (Wildman–Crippen MR) is 70.2 cm³/mol. The standard InChI is InChI=1S/C11H24N2O3S/c1-9(17(15)8-11(2,3)12)10(14)13-6-5-7-16-4/h9H,5-8,12H2,1-4H3,(H,13,14). The third kappa shape index (κ3) is 8.29. The van der Waals surface area contributed by atoms with Crippen molar-refractivity contribution in [1.82, 2.24) is 5.32 Å². The zero-order valence-electron chi connectivity index (χ0n) is 11.1. The molecule has 5 nitrogen and oxygen atoms in total. The second kappa shape index (κ2) is 7.79. The van der Waals surface area contributed by atoms with Crippen LogP contribution in [0.5, 0.6) is 0 Å². The minimum atomic E-state index is -1.24. The maximum Gasteiger partial charge on any atom is 0.235 e. The molecule has 2 atom stereocenters. The van der Waals surface area contributed by atoms with Crippen molar-refractivity contribution in [3.63, 3.8) is 0 Å². The lowest BCUT2D eigenvalue weighted by Gasteiger charge is -2.20. The molecule has 0 bridgehead atoms. The van der Waals surface area contributed by atoms with Gasteiger partial charge in [-0.1, -0.05) is 0 Å². The minimum absolute atomic E-state index is 0.191. The first-order chi connectivity index (χ1) is 7.78. The summed E-state index contributed by atoms with van der Waals surface area (Å²) in [5, 5.41) is 2.20. The molecule has 17 heavy (non-hydrogen) atoms. The molecular weight excluding hydrogens is 240 g/mol. The molecule has 0 heterocycles. The summed E-state index contributed by atoms with van der Waals surface area (Å²) in [5.74, 6) is 0.128. The summed E-state index contributed by atoms with van der Waals surface area (Å²) in [5.41, 5.74) is 5.25. The van der Waals surface area contributed by atoms with Gasteiger partial charge >= 0.3 is 0 Å². The molecule has 0 aliphatic carbocycles. The predicted octanol–water partition coefficient (Wildman–Crippen LogP) is 0.0136. The molecule has 1 amide bonds. The van der Waals surface area contributed by atoms with E-state index in [1.165, 1.54) is 0 Å². The molecule has 2 unspecified atom stereocenters. The van der Waals surface area contributed by atoms with Crippen LogP contribution in [-0.4, -0.2) is 46.9 Å². The third-order valence-corrected chi connectivity index (χ3v) is 4.13. The second-order valence-corrected chi connectivity index (χ2v) is 6.55. The lowest BCUT2D eigenvalue weighted by atomic mass is 10.1. The average molecular weight is 264 g/mol. The van der Waals surface area contributed by atoms with E-state index in [-0.39, 0.29) is 5.91 Å². The molecule has 6 heteroatoms. The zero-order valence-corrected chi connectivity index (χ0v) is 11.9. The van der Waals surface area contributed by atoms with Crippen LogP contribution >= 0.6 is 0 Å². The maximum atomic E-state index is 11.8. The molecule has 0 rings (SSSR count). The fourth-order valence-corrected chi connectivity index (χ4v) is 2.49. The molecule has 0 aliphatic rings. The molecule has 0 aromatic rings. The molecule has 102 valence electrons. The first-order valence-corrected chi connectivity index (χ1v) is 7.09. The molecule has 0 saturated carbocycles. The van der Waals surface area contributed by atoms with E-state index in [9.17, 15) is 9.00 Å². The summed E-state index contributed by atoms with van der Waals surface area (Å²) in [6.07, 6.45) is 0.754. The normalized spacial score (nSPS) is 15.4. The largest absolute Gasteiger partial charge is 0.385 e. The van der Waals surface area contributed by atoms with Crippen molar-refractivity contribution in [2.45, 2.75) is 38.0 Å². The minimum Gasteiger partial charge on any atom is -0.385 e. The number of rotatable bonds is 8. The zero-order chi connectivity index (χ0) is 13.5. The maximum absolute atomic E-state index is 11.8. The summed E-state index contributed by atoms with van der Waals surface area (Å²) in [6, 6.07) is 0. The van der Waals surface area contributed by atoms with Crippen LogP contribution in [-0.2, 0) is 20.3 Å². The van der Waals surface area contributed by atoms with E-state index in [2.05, 4.69) is 5.32 Å². The highest BCUT2D eigenvalue weighted by atomic mass is 32.2. The van der Waals surface area contributed by atoms with Crippen LogP contribution in [0.25, 0.3) is 0 Å². The second-order valence-electron chi connectivity index (χ2n) is 4.79. The fourth-order valence-electron chi connectivity index (χ4n) is 1.18. The molecule has 3 N–H and O–H groups in total. The summed E-state index contributed by atoms with van der Waals surface area (Å²) >= 11 is 0. The lowest BCUT2D eigenvalue weighted by molar-refractivity contribution is -0.120. The van der Waals surface area contributed by atoms with E-state index >= 15 is 0 Å². The van der Waals surface area contributed by atoms with Crippen molar-refractivity contribution in [3.8, 4) is 0 Å². The number of hydrogen-bond acceptors (Lipinski definition) is 4. The Morgan fingerprint density at radius 1 is 1.53 bits per heavy atom. The van der Waals surface area contributed by atoms with Crippen molar-refractivity contribution in [2.75, 3.05) is 26.0 Å². The Labute approximate surface area is 106 Å². The monoisotopic (exact) mass is 264 g/mol. The van der Waals surface area contributed by atoms with Gasteiger partial charge in [0.15, 0.2) is 0 Å². The Kier molecular flexibility index (Phi) is 7.58. The summed E-state index contributed by atoms with van der Waals surface area (Å²) in [6.45, 7) is 6.41. The Morgan fingerprint density at radius 2 is 2.12 bits per heavy atom. The van der Waals surface area contributed by atoms with Crippen LogP contribution in [0.2, 0.25) is 0 Å². The van der Waals surface area contributed by atoms with Crippen LogP contribution in [0.1, 0.15) is 27.2 Å². The third-order valence-electron chi connectivity index (χ3n) is 2.10. The Hall–Kier alpha value is -0.460. The molecule has 0 aliphatic heterocycles. The Bertz CT molecular complexity index is 264. The number of nitrogens with one attached hydrogen (secondary N) is 1. The topological polar surface area (TPSA) is 81.4 Å². The van der Waals surface area contributed by atoms with Gasteiger partial charge in [-0.05, 0) is 27.2 Å². The van der Waals surface area contributed by atoms with Crippen LogP contribution in [0.4, 0.5) is 0 Å². The van der Waals surface area contributed by atoms with Crippen molar-refractivity contribution in [2.24, 2.45) is 5.73 Å². The van der Waals surface area contributed by atoms with Gasteiger partial charge in [0.2, 0.25) is 5.91 Å². The van der Waals surface area contributed by atoms with Crippen LogP contribution in [0, 0.1) is 0 Å². The summed E-state index contributed by atoms with van der Waals surface area (Å²) < 4.78 is 16.7. The van der Waals surface area contributed by atoms with Gasteiger partial charge in [0, 0.05) is 42.4 Å². The van der Waals surface area contributed by atoms with Gasteiger partial charge in [0.1, 0.15) is 5.25 Å². The van der Waals surface area contributed by atoms with Crippen molar-refractivity contribution >= 4 is 16.7 Å². The van der Waals surface area contributed by atoms with E-state index < -0.39 is 21.6 Å². The van der Waals surface area contributed by atoms with Gasteiger partial charge < -0.3 is 15.8 Å². The van der Waals surface area contributed by atoms with Gasteiger partial charge in [-0.3, -0.25) is 9.00 Å².